The van der Waals surface area contributed by atoms with Crippen LogP contribution in [-0.4, -0.2) is 21.8 Å². The molecule has 2 aromatic heterocycles. The third kappa shape index (κ3) is 2.09. The third-order valence-corrected chi connectivity index (χ3v) is 2.38. The van der Waals surface area contributed by atoms with Gasteiger partial charge in [0, 0.05) is 19.4 Å². The molecule has 0 saturated carbocycles. The maximum absolute atomic E-state index is 13.1. The number of halogens is 1. The van der Waals surface area contributed by atoms with Crippen LogP contribution in [0.25, 0.3) is 0 Å². The van der Waals surface area contributed by atoms with Crippen LogP contribution in [0.15, 0.2) is 30.7 Å². The normalized spacial score (nSPS) is 12.7. The Morgan fingerprint density at radius 3 is 2.81 bits per heavy atom. The SMILES string of the molecule is CNC(c1cncc(F)c1)c1ccn(C)n1. The average molecular weight is 220 g/mol. The predicted octanol–water partition coefficient (Wildman–Crippen LogP) is 1.26. The van der Waals surface area contributed by atoms with Crippen molar-refractivity contribution in [2.75, 3.05) is 7.05 Å². The second kappa shape index (κ2) is 4.40. The lowest BCUT2D eigenvalue weighted by Gasteiger charge is -2.13. The van der Waals surface area contributed by atoms with Crippen LogP contribution in [-0.2, 0) is 7.05 Å². The number of aryl methyl sites for hydroxylation is 1. The van der Waals surface area contributed by atoms with E-state index in [1.54, 1.807) is 10.9 Å². The molecule has 0 aliphatic rings. The number of pyridine rings is 1. The summed E-state index contributed by atoms with van der Waals surface area (Å²) in [6.45, 7) is 0. The van der Waals surface area contributed by atoms with E-state index in [4.69, 9.17) is 0 Å². The summed E-state index contributed by atoms with van der Waals surface area (Å²) in [5, 5.41) is 7.38. The lowest BCUT2D eigenvalue weighted by Crippen LogP contribution is -2.18. The standard InChI is InChI=1S/C11H13FN4/c1-13-11(10-3-4-16(2)15-10)8-5-9(12)7-14-6-8/h3-7,11,13H,1-2H3. The molecule has 1 unspecified atom stereocenters. The fourth-order valence-electron chi connectivity index (χ4n) is 1.66. The van der Waals surface area contributed by atoms with Crippen LogP contribution < -0.4 is 5.32 Å². The first kappa shape index (κ1) is 10.8. The lowest BCUT2D eigenvalue weighted by atomic mass is 10.1. The molecular weight excluding hydrogens is 207 g/mol. The van der Waals surface area contributed by atoms with Gasteiger partial charge in [0.15, 0.2) is 0 Å². The molecule has 84 valence electrons. The highest BCUT2D eigenvalue weighted by Crippen LogP contribution is 2.19. The highest BCUT2D eigenvalue weighted by Gasteiger charge is 2.15. The van der Waals surface area contributed by atoms with Crippen molar-refractivity contribution in [2.24, 2.45) is 7.05 Å². The zero-order chi connectivity index (χ0) is 11.5. The van der Waals surface area contributed by atoms with Crippen molar-refractivity contribution >= 4 is 0 Å². The van der Waals surface area contributed by atoms with Crippen molar-refractivity contribution in [3.8, 4) is 0 Å². The second-order valence-electron chi connectivity index (χ2n) is 3.57. The van der Waals surface area contributed by atoms with Crippen LogP contribution in [0.4, 0.5) is 4.39 Å². The Bertz CT molecular complexity index is 480. The van der Waals surface area contributed by atoms with Crippen LogP contribution in [0.5, 0.6) is 0 Å². The average Bonchev–Trinajstić information content (AvgIpc) is 2.66. The minimum absolute atomic E-state index is 0.135. The van der Waals surface area contributed by atoms with Crippen molar-refractivity contribution < 1.29 is 4.39 Å². The van der Waals surface area contributed by atoms with Crippen LogP contribution in [0.1, 0.15) is 17.3 Å². The van der Waals surface area contributed by atoms with Gasteiger partial charge in [-0.15, -0.1) is 0 Å². The molecular formula is C11H13FN4. The van der Waals surface area contributed by atoms with Gasteiger partial charge in [0.2, 0.25) is 0 Å². The van der Waals surface area contributed by atoms with E-state index >= 15 is 0 Å². The largest absolute Gasteiger partial charge is 0.308 e. The highest BCUT2D eigenvalue weighted by molar-refractivity contribution is 5.24. The molecule has 16 heavy (non-hydrogen) atoms. The molecule has 0 saturated heterocycles. The zero-order valence-corrected chi connectivity index (χ0v) is 9.18. The molecule has 4 nitrogen and oxygen atoms in total. The Kier molecular flexibility index (Phi) is 2.96. The van der Waals surface area contributed by atoms with Gasteiger partial charge in [-0.3, -0.25) is 9.67 Å². The van der Waals surface area contributed by atoms with Crippen molar-refractivity contribution in [3.05, 3.63) is 47.8 Å². The van der Waals surface area contributed by atoms with Gasteiger partial charge < -0.3 is 5.32 Å². The minimum Gasteiger partial charge on any atom is -0.308 e. The molecule has 1 N–H and O–H groups in total. The molecule has 5 heteroatoms. The summed E-state index contributed by atoms with van der Waals surface area (Å²) in [7, 11) is 3.66. The molecule has 1 atom stereocenters. The fraction of sp³-hybridized carbons (Fsp3) is 0.273. The van der Waals surface area contributed by atoms with E-state index in [-0.39, 0.29) is 11.9 Å². The number of hydrogen-bond donors (Lipinski definition) is 1. The van der Waals surface area contributed by atoms with Crippen molar-refractivity contribution in [1.82, 2.24) is 20.1 Å². The van der Waals surface area contributed by atoms with E-state index in [2.05, 4.69) is 15.4 Å². The number of nitrogens with zero attached hydrogens (tertiary/aromatic N) is 3. The quantitative estimate of drug-likeness (QED) is 0.846. The Balaban J connectivity index is 2.36. The summed E-state index contributed by atoms with van der Waals surface area (Å²) >= 11 is 0. The third-order valence-electron chi connectivity index (χ3n) is 2.38. The van der Waals surface area contributed by atoms with Crippen molar-refractivity contribution in [3.63, 3.8) is 0 Å². The van der Waals surface area contributed by atoms with Gasteiger partial charge in [0.1, 0.15) is 5.82 Å². The molecule has 0 aliphatic heterocycles. The van der Waals surface area contributed by atoms with E-state index < -0.39 is 0 Å². The van der Waals surface area contributed by atoms with Crippen LogP contribution in [0.2, 0.25) is 0 Å². The maximum Gasteiger partial charge on any atom is 0.141 e. The predicted molar refractivity (Wildman–Crippen MR) is 58.3 cm³/mol. The Morgan fingerprint density at radius 1 is 1.44 bits per heavy atom. The Morgan fingerprint density at radius 2 is 2.25 bits per heavy atom. The Hall–Kier alpha value is -1.75. The van der Waals surface area contributed by atoms with E-state index in [1.807, 2.05) is 26.4 Å². The molecule has 2 rings (SSSR count). The van der Waals surface area contributed by atoms with Gasteiger partial charge in [-0.25, -0.2) is 4.39 Å². The number of hydrogen-bond acceptors (Lipinski definition) is 3. The molecule has 0 fully saturated rings. The van der Waals surface area contributed by atoms with Gasteiger partial charge in [-0.05, 0) is 24.7 Å². The molecule has 2 aromatic rings. The zero-order valence-electron chi connectivity index (χ0n) is 9.18. The summed E-state index contributed by atoms with van der Waals surface area (Å²) in [6, 6.07) is 3.22. The first-order valence-electron chi connectivity index (χ1n) is 4.98. The molecule has 0 spiro atoms. The van der Waals surface area contributed by atoms with Gasteiger partial charge in [-0.1, -0.05) is 0 Å². The molecule has 0 bridgehead atoms. The summed E-state index contributed by atoms with van der Waals surface area (Å²) in [5.41, 5.74) is 1.61. The van der Waals surface area contributed by atoms with E-state index in [0.29, 0.717) is 0 Å². The van der Waals surface area contributed by atoms with Crippen molar-refractivity contribution in [2.45, 2.75) is 6.04 Å². The first-order valence-corrected chi connectivity index (χ1v) is 4.98. The number of aromatic nitrogens is 3. The molecule has 2 heterocycles. The van der Waals surface area contributed by atoms with Crippen LogP contribution >= 0.6 is 0 Å². The molecule has 0 amide bonds. The smallest absolute Gasteiger partial charge is 0.141 e. The number of nitrogens with one attached hydrogen (secondary N) is 1. The van der Waals surface area contributed by atoms with Gasteiger partial charge in [-0.2, -0.15) is 5.10 Å². The van der Waals surface area contributed by atoms with E-state index in [0.717, 1.165) is 11.3 Å². The number of rotatable bonds is 3. The summed E-state index contributed by atoms with van der Waals surface area (Å²) in [6.07, 6.45) is 4.68. The van der Waals surface area contributed by atoms with Gasteiger partial charge in [0.25, 0.3) is 0 Å². The molecule has 0 aliphatic carbocycles. The monoisotopic (exact) mass is 220 g/mol. The highest BCUT2D eigenvalue weighted by atomic mass is 19.1. The molecule has 0 aromatic carbocycles. The van der Waals surface area contributed by atoms with E-state index in [1.165, 1.54) is 12.3 Å². The summed E-state index contributed by atoms with van der Waals surface area (Å²) in [4.78, 5) is 3.84. The minimum atomic E-state index is -0.339. The molecule has 0 radical (unpaired) electrons. The van der Waals surface area contributed by atoms with Crippen LogP contribution in [0, 0.1) is 5.82 Å². The van der Waals surface area contributed by atoms with Gasteiger partial charge >= 0.3 is 0 Å². The summed E-state index contributed by atoms with van der Waals surface area (Å²) in [5.74, 6) is -0.339. The summed E-state index contributed by atoms with van der Waals surface area (Å²) < 4.78 is 14.8. The van der Waals surface area contributed by atoms with E-state index in [9.17, 15) is 4.39 Å². The second-order valence-corrected chi connectivity index (χ2v) is 3.57. The first-order chi connectivity index (χ1) is 7.70. The Labute approximate surface area is 93.1 Å². The van der Waals surface area contributed by atoms with Crippen molar-refractivity contribution in [1.29, 1.82) is 0 Å². The topological polar surface area (TPSA) is 42.7 Å². The lowest BCUT2D eigenvalue weighted by molar-refractivity contribution is 0.601. The maximum atomic E-state index is 13.1. The van der Waals surface area contributed by atoms with Crippen LogP contribution in [0.3, 0.4) is 0 Å². The fourth-order valence-corrected chi connectivity index (χ4v) is 1.66. The van der Waals surface area contributed by atoms with Gasteiger partial charge in [0.05, 0.1) is 17.9 Å².